The Bertz CT molecular complexity index is 417. The van der Waals surface area contributed by atoms with Crippen molar-refractivity contribution in [3.63, 3.8) is 0 Å². The van der Waals surface area contributed by atoms with Crippen LogP contribution in [0.25, 0.3) is 0 Å². The lowest BCUT2D eigenvalue weighted by Gasteiger charge is -2.05. The van der Waals surface area contributed by atoms with Crippen LogP contribution in [-0.4, -0.2) is 0 Å². The number of benzene rings is 1. The molecule has 1 aliphatic rings. The summed E-state index contributed by atoms with van der Waals surface area (Å²) < 4.78 is 13.8. The lowest BCUT2D eigenvalue weighted by molar-refractivity contribution is 0.537. The Balaban J connectivity index is 2.28. The minimum Gasteiger partial charge on any atom is -0.205 e. The van der Waals surface area contributed by atoms with Crippen molar-refractivity contribution < 1.29 is 4.39 Å². The molecule has 0 N–H and O–H groups in total. The predicted molar refractivity (Wildman–Crippen MR) is 56.8 cm³/mol. The monoisotopic (exact) mass is 203 g/mol. The van der Waals surface area contributed by atoms with Crippen LogP contribution < -0.4 is 0 Å². The number of hydrogen-bond donors (Lipinski definition) is 0. The van der Waals surface area contributed by atoms with Crippen LogP contribution in [0.5, 0.6) is 0 Å². The highest BCUT2D eigenvalue weighted by molar-refractivity contribution is 5.38. The number of rotatable bonds is 2. The molecule has 1 aromatic carbocycles. The molecule has 0 bridgehead atoms. The van der Waals surface area contributed by atoms with Crippen molar-refractivity contribution in [3.05, 3.63) is 35.1 Å². The Kier molecular flexibility index (Phi) is 2.48. The third-order valence-corrected chi connectivity index (χ3v) is 3.24. The van der Waals surface area contributed by atoms with Gasteiger partial charge in [0, 0.05) is 0 Å². The van der Waals surface area contributed by atoms with Crippen LogP contribution in [-0.2, 0) is 0 Å². The van der Waals surface area contributed by atoms with E-state index in [1.807, 2.05) is 12.1 Å². The molecule has 1 fully saturated rings. The molecule has 0 aromatic heterocycles. The van der Waals surface area contributed by atoms with E-state index in [-0.39, 0.29) is 11.4 Å². The van der Waals surface area contributed by atoms with Gasteiger partial charge in [0.05, 0.1) is 5.56 Å². The standard InChI is InChI=1S/C13H14FN/c1-8(2)11-6-12(11)10-5-3-4-9(7-15)13(10)14/h3-5,8,11-12H,6H2,1-2H3/t11-,12-/m1/s1. The summed E-state index contributed by atoms with van der Waals surface area (Å²) in [5, 5.41) is 8.73. The summed E-state index contributed by atoms with van der Waals surface area (Å²) >= 11 is 0. The van der Waals surface area contributed by atoms with E-state index < -0.39 is 0 Å². The second-order valence-electron chi connectivity index (χ2n) is 4.57. The molecule has 1 aromatic rings. The van der Waals surface area contributed by atoms with Gasteiger partial charge in [0.1, 0.15) is 11.9 Å². The molecule has 0 spiro atoms. The van der Waals surface area contributed by atoms with Crippen LogP contribution in [0.1, 0.15) is 37.3 Å². The minimum absolute atomic E-state index is 0.168. The molecule has 0 amide bonds. The van der Waals surface area contributed by atoms with Crippen molar-refractivity contribution in [1.82, 2.24) is 0 Å². The minimum atomic E-state index is -0.312. The van der Waals surface area contributed by atoms with Crippen molar-refractivity contribution in [1.29, 1.82) is 5.26 Å². The average molecular weight is 203 g/mol. The van der Waals surface area contributed by atoms with E-state index in [1.165, 1.54) is 6.07 Å². The molecule has 0 saturated heterocycles. The Morgan fingerprint density at radius 1 is 1.47 bits per heavy atom. The summed E-state index contributed by atoms with van der Waals surface area (Å²) in [5.74, 6) is 1.21. The highest BCUT2D eigenvalue weighted by atomic mass is 19.1. The highest BCUT2D eigenvalue weighted by Gasteiger charge is 2.41. The molecule has 2 rings (SSSR count). The fraction of sp³-hybridized carbons (Fsp3) is 0.462. The normalized spacial score (nSPS) is 23.9. The molecule has 2 atom stereocenters. The molecular formula is C13H14FN. The SMILES string of the molecule is CC(C)[C@H]1C[C@@H]1c1cccc(C#N)c1F. The fourth-order valence-electron chi connectivity index (χ4n) is 2.23. The molecule has 0 aliphatic heterocycles. The lowest BCUT2D eigenvalue weighted by Crippen LogP contribution is -1.96. The maximum absolute atomic E-state index is 13.8. The molecule has 1 aliphatic carbocycles. The zero-order valence-corrected chi connectivity index (χ0v) is 9.00. The maximum Gasteiger partial charge on any atom is 0.144 e. The first kappa shape index (κ1) is 10.2. The van der Waals surface area contributed by atoms with Crippen molar-refractivity contribution in [2.75, 3.05) is 0 Å². The Labute approximate surface area is 89.5 Å². The van der Waals surface area contributed by atoms with Gasteiger partial charge in [-0.3, -0.25) is 0 Å². The number of hydrogen-bond acceptors (Lipinski definition) is 1. The molecule has 15 heavy (non-hydrogen) atoms. The van der Waals surface area contributed by atoms with Crippen molar-refractivity contribution in [3.8, 4) is 6.07 Å². The average Bonchev–Trinajstić information content (AvgIpc) is 2.98. The van der Waals surface area contributed by atoms with Crippen molar-refractivity contribution in [2.24, 2.45) is 11.8 Å². The Morgan fingerprint density at radius 2 is 2.20 bits per heavy atom. The van der Waals surface area contributed by atoms with Crippen LogP contribution in [0, 0.1) is 29.0 Å². The molecule has 0 unspecified atom stereocenters. The van der Waals surface area contributed by atoms with E-state index in [2.05, 4.69) is 13.8 Å². The first-order valence-corrected chi connectivity index (χ1v) is 5.33. The predicted octanol–water partition coefficient (Wildman–Crippen LogP) is 3.46. The van der Waals surface area contributed by atoms with Gasteiger partial charge in [-0.2, -0.15) is 5.26 Å². The van der Waals surface area contributed by atoms with Crippen LogP contribution in [0.3, 0.4) is 0 Å². The quantitative estimate of drug-likeness (QED) is 0.722. The van der Waals surface area contributed by atoms with Crippen LogP contribution >= 0.6 is 0 Å². The van der Waals surface area contributed by atoms with Gasteiger partial charge in [-0.15, -0.1) is 0 Å². The van der Waals surface area contributed by atoms with E-state index in [9.17, 15) is 4.39 Å². The Morgan fingerprint density at radius 3 is 2.73 bits per heavy atom. The molecule has 0 radical (unpaired) electrons. The van der Waals surface area contributed by atoms with Crippen molar-refractivity contribution in [2.45, 2.75) is 26.2 Å². The van der Waals surface area contributed by atoms with E-state index >= 15 is 0 Å². The molecule has 1 saturated carbocycles. The second-order valence-corrected chi connectivity index (χ2v) is 4.57. The first-order chi connectivity index (χ1) is 7.15. The van der Waals surface area contributed by atoms with Crippen LogP contribution in [0.15, 0.2) is 18.2 Å². The zero-order chi connectivity index (χ0) is 11.0. The van der Waals surface area contributed by atoms with E-state index in [4.69, 9.17) is 5.26 Å². The Hall–Kier alpha value is -1.36. The van der Waals surface area contributed by atoms with Gasteiger partial charge in [0.15, 0.2) is 0 Å². The van der Waals surface area contributed by atoms with Gasteiger partial charge in [-0.25, -0.2) is 4.39 Å². The molecule has 0 heterocycles. The topological polar surface area (TPSA) is 23.8 Å². The summed E-state index contributed by atoms with van der Waals surface area (Å²) in [5.41, 5.74) is 0.898. The molecular weight excluding hydrogens is 189 g/mol. The number of halogens is 1. The third kappa shape index (κ3) is 1.74. The fourth-order valence-corrected chi connectivity index (χ4v) is 2.23. The van der Waals surface area contributed by atoms with Gasteiger partial charge < -0.3 is 0 Å². The van der Waals surface area contributed by atoms with Gasteiger partial charge in [-0.05, 0) is 35.8 Å². The summed E-state index contributed by atoms with van der Waals surface area (Å²) in [4.78, 5) is 0. The largest absolute Gasteiger partial charge is 0.205 e. The first-order valence-electron chi connectivity index (χ1n) is 5.33. The lowest BCUT2D eigenvalue weighted by atomic mass is 10.0. The summed E-state index contributed by atoms with van der Waals surface area (Å²) in [6.07, 6.45) is 1.06. The van der Waals surface area contributed by atoms with Gasteiger partial charge in [0.2, 0.25) is 0 Å². The van der Waals surface area contributed by atoms with Gasteiger partial charge in [0.25, 0.3) is 0 Å². The maximum atomic E-state index is 13.8. The number of nitriles is 1. The zero-order valence-electron chi connectivity index (χ0n) is 9.00. The van der Waals surface area contributed by atoms with E-state index in [0.29, 0.717) is 17.8 Å². The van der Waals surface area contributed by atoms with E-state index in [1.54, 1.807) is 6.07 Å². The van der Waals surface area contributed by atoms with Crippen LogP contribution in [0.2, 0.25) is 0 Å². The third-order valence-electron chi connectivity index (χ3n) is 3.24. The second kappa shape index (κ2) is 3.66. The molecule has 2 heteroatoms. The summed E-state index contributed by atoms with van der Waals surface area (Å²) in [6.45, 7) is 4.33. The molecule has 1 nitrogen and oxygen atoms in total. The van der Waals surface area contributed by atoms with E-state index in [0.717, 1.165) is 12.0 Å². The summed E-state index contributed by atoms with van der Waals surface area (Å²) in [6, 6.07) is 7.00. The van der Waals surface area contributed by atoms with Crippen LogP contribution in [0.4, 0.5) is 4.39 Å². The van der Waals surface area contributed by atoms with Gasteiger partial charge in [-0.1, -0.05) is 26.0 Å². The van der Waals surface area contributed by atoms with Gasteiger partial charge >= 0.3 is 0 Å². The smallest absolute Gasteiger partial charge is 0.144 e. The van der Waals surface area contributed by atoms with Crippen molar-refractivity contribution >= 4 is 0 Å². The highest BCUT2D eigenvalue weighted by Crippen LogP contribution is 2.52. The number of nitrogens with zero attached hydrogens (tertiary/aromatic N) is 1. The molecule has 78 valence electrons. The summed E-state index contributed by atoms with van der Waals surface area (Å²) in [7, 11) is 0.